The summed E-state index contributed by atoms with van der Waals surface area (Å²) in [5.74, 6) is 0.730. The van der Waals surface area contributed by atoms with Gasteiger partial charge < -0.3 is 10.5 Å². The Morgan fingerprint density at radius 1 is 1.50 bits per heavy atom. The fourth-order valence-corrected chi connectivity index (χ4v) is 1.28. The average Bonchev–Trinajstić information content (AvgIpc) is 2.07. The van der Waals surface area contributed by atoms with Crippen molar-refractivity contribution in [1.82, 2.24) is 0 Å². The van der Waals surface area contributed by atoms with E-state index in [0.717, 1.165) is 10.2 Å². The largest absolute Gasteiger partial charge is 0.491 e. The molecule has 0 aliphatic rings. The molecule has 12 heavy (non-hydrogen) atoms. The summed E-state index contributed by atoms with van der Waals surface area (Å²) in [5.41, 5.74) is 5.29. The lowest BCUT2D eigenvalue weighted by molar-refractivity contribution is 0.326. The van der Waals surface area contributed by atoms with Crippen molar-refractivity contribution in [2.24, 2.45) is 5.73 Å². The zero-order valence-corrected chi connectivity index (χ0v) is 8.73. The molecule has 66 valence electrons. The summed E-state index contributed by atoms with van der Waals surface area (Å²) < 4.78 is 6.20. The quantitative estimate of drug-likeness (QED) is 0.894. The van der Waals surface area contributed by atoms with E-state index in [2.05, 4.69) is 15.9 Å². The van der Waals surface area contributed by atoms with Crippen LogP contribution in [0.1, 0.15) is 0 Å². The van der Waals surface area contributed by atoms with E-state index in [9.17, 15) is 0 Å². The van der Waals surface area contributed by atoms with Gasteiger partial charge in [-0.15, -0.1) is 0 Å². The van der Waals surface area contributed by atoms with Gasteiger partial charge in [0.1, 0.15) is 12.4 Å². The van der Waals surface area contributed by atoms with Gasteiger partial charge in [0.25, 0.3) is 0 Å². The van der Waals surface area contributed by atoms with E-state index in [-0.39, 0.29) is 0 Å². The van der Waals surface area contributed by atoms with Crippen molar-refractivity contribution in [3.63, 3.8) is 0 Å². The van der Waals surface area contributed by atoms with Crippen LogP contribution in [0.5, 0.6) is 5.75 Å². The maximum absolute atomic E-state index is 5.76. The van der Waals surface area contributed by atoms with Crippen molar-refractivity contribution < 1.29 is 4.74 Å². The van der Waals surface area contributed by atoms with Gasteiger partial charge in [0.2, 0.25) is 0 Å². The number of halogens is 2. The minimum Gasteiger partial charge on any atom is -0.491 e. The lowest BCUT2D eigenvalue weighted by atomic mass is 10.3. The molecule has 1 aromatic rings. The first kappa shape index (κ1) is 9.84. The highest BCUT2D eigenvalue weighted by molar-refractivity contribution is 9.10. The molecule has 1 aromatic carbocycles. The summed E-state index contributed by atoms with van der Waals surface area (Å²) >= 11 is 9.10. The van der Waals surface area contributed by atoms with Gasteiger partial charge in [0, 0.05) is 11.6 Å². The van der Waals surface area contributed by atoms with E-state index >= 15 is 0 Å². The van der Waals surface area contributed by atoms with Crippen LogP contribution in [0.2, 0.25) is 5.02 Å². The molecule has 0 spiro atoms. The highest BCUT2D eigenvalue weighted by atomic mass is 79.9. The molecule has 0 radical (unpaired) electrons. The Bertz CT molecular complexity index is 267. The predicted octanol–water partition coefficient (Wildman–Crippen LogP) is 2.44. The molecule has 0 unspecified atom stereocenters. The average molecular weight is 251 g/mol. The van der Waals surface area contributed by atoms with Crippen LogP contribution >= 0.6 is 27.5 Å². The van der Waals surface area contributed by atoms with Gasteiger partial charge in [-0.2, -0.15) is 0 Å². The first-order chi connectivity index (χ1) is 5.74. The summed E-state index contributed by atoms with van der Waals surface area (Å²) in [7, 11) is 0. The van der Waals surface area contributed by atoms with Crippen molar-refractivity contribution in [2.75, 3.05) is 13.2 Å². The Morgan fingerprint density at radius 2 is 2.25 bits per heavy atom. The molecule has 0 fully saturated rings. The van der Waals surface area contributed by atoms with Crippen LogP contribution in [-0.2, 0) is 0 Å². The maximum atomic E-state index is 5.76. The number of rotatable bonds is 3. The molecule has 0 bridgehead atoms. The van der Waals surface area contributed by atoms with E-state index in [4.69, 9.17) is 22.1 Å². The second-order valence-corrected chi connectivity index (χ2v) is 3.50. The molecule has 0 aliphatic carbocycles. The lowest BCUT2D eigenvalue weighted by Gasteiger charge is -2.06. The third kappa shape index (κ3) is 2.66. The van der Waals surface area contributed by atoms with E-state index in [1.165, 1.54) is 0 Å². The second-order valence-electron chi connectivity index (χ2n) is 2.21. The fourth-order valence-electron chi connectivity index (χ4n) is 0.757. The highest BCUT2D eigenvalue weighted by Gasteiger charge is 2.00. The Balaban J connectivity index is 2.75. The third-order valence-electron chi connectivity index (χ3n) is 1.27. The van der Waals surface area contributed by atoms with Crippen LogP contribution in [0.3, 0.4) is 0 Å². The zero-order chi connectivity index (χ0) is 8.97. The molecule has 0 heterocycles. The molecule has 1 rings (SSSR count). The first-order valence-corrected chi connectivity index (χ1v) is 4.69. The lowest BCUT2D eigenvalue weighted by Crippen LogP contribution is -2.10. The van der Waals surface area contributed by atoms with E-state index in [0.29, 0.717) is 18.2 Å². The number of hydrogen-bond donors (Lipinski definition) is 1. The topological polar surface area (TPSA) is 35.2 Å². The molecule has 0 aromatic heterocycles. The minimum absolute atomic E-state index is 0.499. The van der Waals surface area contributed by atoms with Crippen LogP contribution in [0.4, 0.5) is 0 Å². The molecule has 0 aliphatic heterocycles. The van der Waals surface area contributed by atoms with Gasteiger partial charge in [0.15, 0.2) is 0 Å². The normalized spacial score (nSPS) is 9.92. The number of hydrogen-bond acceptors (Lipinski definition) is 2. The molecule has 0 saturated heterocycles. The van der Waals surface area contributed by atoms with Crippen molar-refractivity contribution in [3.8, 4) is 5.75 Å². The van der Waals surface area contributed by atoms with Gasteiger partial charge in [-0.05, 0) is 34.1 Å². The molecular weight excluding hydrogens is 241 g/mol. The summed E-state index contributed by atoms with van der Waals surface area (Å²) in [6, 6.07) is 5.39. The van der Waals surface area contributed by atoms with Gasteiger partial charge in [0.05, 0.1) is 4.47 Å². The molecule has 2 nitrogen and oxygen atoms in total. The number of benzene rings is 1. The SMILES string of the molecule is NCCOc1cc(Cl)ccc1Br. The summed E-state index contributed by atoms with van der Waals surface area (Å²) in [6.45, 7) is 0.998. The van der Waals surface area contributed by atoms with Crippen molar-refractivity contribution >= 4 is 27.5 Å². The van der Waals surface area contributed by atoms with Gasteiger partial charge >= 0.3 is 0 Å². The van der Waals surface area contributed by atoms with Gasteiger partial charge in [-0.25, -0.2) is 0 Å². The molecule has 0 saturated carbocycles. The molecule has 4 heteroatoms. The van der Waals surface area contributed by atoms with Crippen LogP contribution in [-0.4, -0.2) is 13.2 Å². The van der Waals surface area contributed by atoms with Gasteiger partial charge in [-0.1, -0.05) is 11.6 Å². The van der Waals surface area contributed by atoms with Crippen LogP contribution in [0.25, 0.3) is 0 Å². The van der Waals surface area contributed by atoms with E-state index < -0.39 is 0 Å². The van der Waals surface area contributed by atoms with Crippen LogP contribution in [0.15, 0.2) is 22.7 Å². The van der Waals surface area contributed by atoms with Crippen LogP contribution in [0, 0.1) is 0 Å². The monoisotopic (exact) mass is 249 g/mol. The Kier molecular flexibility index (Phi) is 3.85. The molecule has 0 atom stereocenters. The number of nitrogens with two attached hydrogens (primary N) is 1. The van der Waals surface area contributed by atoms with E-state index in [1.807, 2.05) is 6.07 Å². The second kappa shape index (κ2) is 4.70. The predicted molar refractivity (Wildman–Crippen MR) is 53.7 cm³/mol. The maximum Gasteiger partial charge on any atom is 0.135 e. The molecular formula is C8H9BrClNO. The standard InChI is InChI=1S/C8H9BrClNO/c9-7-2-1-6(10)5-8(7)12-4-3-11/h1-2,5H,3-4,11H2. The van der Waals surface area contributed by atoms with Crippen LogP contribution < -0.4 is 10.5 Å². The Labute approximate surface area is 84.8 Å². The summed E-state index contributed by atoms with van der Waals surface area (Å²) in [6.07, 6.45) is 0. The highest BCUT2D eigenvalue weighted by Crippen LogP contribution is 2.27. The number of ether oxygens (including phenoxy) is 1. The zero-order valence-electron chi connectivity index (χ0n) is 6.39. The summed E-state index contributed by atoms with van der Waals surface area (Å²) in [4.78, 5) is 0. The Morgan fingerprint density at radius 3 is 2.92 bits per heavy atom. The first-order valence-electron chi connectivity index (χ1n) is 3.52. The summed E-state index contributed by atoms with van der Waals surface area (Å²) in [5, 5.41) is 0.658. The third-order valence-corrected chi connectivity index (χ3v) is 2.16. The van der Waals surface area contributed by atoms with Gasteiger partial charge in [-0.3, -0.25) is 0 Å². The van der Waals surface area contributed by atoms with Crippen molar-refractivity contribution in [1.29, 1.82) is 0 Å². The Hall–Kier alpha value is -0.250. The molecule has 0 amide bonds. The van der Waals surface area contributed by atoms with Crippen molar-refractivity contribution in [3.05, 3.63) is 27.7 Å². The smallest absolute Gasteiger partial charge is 0.135 e. The minimum atomic E-state index is 0.499. The van der Waals surface area contributed by atoms with Crippen molar-refractivity contribution in [2.45, 2.75) is 0 Å². The fraction of sp³-hybridized carbons (Fsp3) is 0.250. The van der Waals surface area contributed by atoms with E-state index in [1.54, 1.807) is 12.1 Å². The molecule has 2 N–H and O–H groups in total.